The Hall–Kier alpha value is -0.190. The SMILES string of the molecule is CN(CCCC(N)=S)C1CCCCC1O. The molecule has 2 unspecified atom stereocenters. The van der Waals surface area contributed by atoms with E-state index in [0.29, 0.717) is 11.0 Å². The Kier molecular flexibility index (Phi) is 5.50. The van der Waals surface area contributed by atoms with Crippen LogP contribution in [0, 0.1) is 0 Å². The number of nitrogens with two attached hydrogens (primary N) is 1. The van der Waals surface area contributed by atoms with Gasteiger partial charge in [-0.3, -0.25) is 0 Å². The number of aliphatic hydroxyl groups excluding tert-OH is 1. The van der Waals surface area contributed by atoms with Gasteiger partial charge in [-0.15, -0.1) is 0 Å². The van der Waals surface area contributed by atoms with Gasteiger partial charge in [0.15, 0.2) is 0 Å². The molecule has 1 fully saturated rings. The van der Waals surface area contributed by atoms with Crippen molar-refractivity contribution < 1.29 is 5.11 Å². The minimum atomic E-state index is -0.145. The number of rotatable bonds is 5. The van der Waals surface area contributed by atoms with Crippen LogP contribution in [-0.2, 0) is 0 Å². The minimum absolute atomic E-state index is 0.145. The molecule has 2 atom stereocenters. The maximum Gasteiger partial charge on any atom is 0.0727 e. The zero-order valence-corrected chi connectivity index (χ0v) is 10.3. The molecule has 3 N–H and O–H groups in total. The molecule has 0 aromatic heterocycles. The van der Waals surface area contributed by atoms with Crippen molar-refractivity contribution in [2.45, 2.75) is 50.7 Å². The molecule has 0 heterocycles. The summed E-state index contributed by atoms with van der Waals surface area (Å²) >= 11 is 4.84. The molecule has 0 aromatic carbocycles. The van der Waals surface area contributed by atoms with E-state index < -0.39 is 0 Å². The third-order valence-electron chi connectivity index (χ3n) is 3.19. The first kappa shape index (κ1) is 12.9. The monoisotopic (exact) mass is 230 g/mol. The normalized spacial score (nSPS) is 26.9. The second kappa shape index (κ2) is 6.40. The molecule has 1 aliphatic rings. The molecule has 0 radical (unpaired) electrons. The number of hydrogen-bond donors (Lipinski definition) is 2. The molecule has 0 bridgehead atoms. The van der Waals surface area contributed by atoms with E-state index in [0.717, 1.165) is 32.2 Å². The second-order valence-electron chi connectivity index (χ2n) is 4.47. The van der Waals surface area contributed by atoms with Crippen LogP contribution in [0.1, 0.15) is 38.5 Å². The van der Waals surface area contributed by atoms with Gasteiger partial charge in [0.1, 0.15) is 0 Å². The van der Waals surface area contributed by atoms with Gasteiger partial charge in [0, 0.05) is 6.04 Å². The Labute approximate surface area is 97.6 Å². The Bertz CT molecular complexity index is 211. The molecule has 15 heavy (non-hydrogen) atoms. The van der Waals surface area contributed by atoms with Gasteiger partial charge in [0.05, 0.1) is 11.1 Å². The van der Waals surface area contributed by atoms with Crippen molar-refractivity contribution >= 4 is 17.2 Å². The second-order valence-corrected chi connectivity index (χ2v) is 4.99. The van der Waals surface area contributed by atoms with Crippen molar-refractivity contribution in [3.8, 4) is 0 Å². The molecule has 88 valence electrons. The Morgan fingerprint density at radius 3 is 2.73 bits per heavy atom. The summed E-state index contributed by atoms with van der Waals surface area (Å²) in [4.78, 5) is 2.84. The van der Waals surface area contributed by atoms with Crippen LogP contribution in [0.4, 0.5) is 0 Å². The van der Waals surface area contributed by atoms with Crippen LogP contribution in [0.3, 0.4) is 0 Å². The smallest absolute Gasteiger partial charge is 0.0727 e. The lowest BCUT2D eigenvalue weighted by Gasteiger charge is -2.35. The zero-order valence-electron chi connectivity index (χ0n) is 9.48. The molecule has 0 aliphatic heterocycles. The van der Waals surface area contributed by atoms with Gasteiger partial charge in [-0.2, -0.15) is 0 Å². The fourth-order valence-electron chi connectivity index (χ4n) is 2.27. The van der Waals surface area contributed by atoms with E-state index in [1.54, 1.807) is 0 Å². The third kappa shape index (κ3) is 4.45. The van der Waals surface area contributed by atoms with Crippen molar-refractivity contribution in [3.63, 3.8) is 0 Å². The van der Waals surface area contributed by atoms with Crippen molar-refractivity contribution in [1.29, 1.82) is 0 Å². The largest absolute Gasteiger partial charge is 0.393 e. The van der Waals surface area contributed by atoms with E-state index in [-0.39, 0.29) is 6.10 Å². The number of likely N-dealkylation sites (N-methyl/N-ethyl adjacent to an activating group) is 1. The van der Waals surface area contributed by atoms with Crippen LogP contribution < -0.4 is 5.73 Å². The van der Waals surface area contributed by atoms with E-state index >= 15 is 0 Å². The fourth-order valence-corrected chi connectivity index (χ4v) is 2.42. The fraction of sp³-hybridized carbons (Fsp3) is 0.909. The van der Waals surface area contributed by atoms with Crippen LogP contribution in [0.15, 0.2) is 0 Å². The van der Waals surface area contributed by atoms with Crippen LogP contribution in [-0.4, -0.2) is 40.7 Å². The Balaban J connectivity index is 2.25. The molecule has 1 rings (SSSR count). The van der Waals surface area contributed by atoms with Crippen molar-refractivity contribution in [2.24, 2.45) is 5.73 Å². The molecule has 3 nitrogen and oxygen atoms in total. The van der Waals surface area contributed by atoms with Gasteiger partial charge in [-0.1, -0.05) is 25.1 Å². The highest BCUT2D eigenvalue weighted by atomic mass is 32.1. The maximum atomic E-state index is 9.86. The summed E-state index contributed by atoms with van der Waals surface area (Å²) in [5, 5.41) is 9.86. The van der Waals surface area contributed by atoms with Gasteiger partial charge in [0.2, 0.25) is 0 Å². The maximum absolute atomic E-state index is 9.86. The average Bonchev–Trinajstić information content (AvgIpc) is 2.17. The van der Waals surface area contributed by atoms with Crippen LogP contribution in [0.25, 0.3) is 0 Å². The van der Waals surface area contributed by atoms with Gasteiger partial charge in [-0.05, 0) is 39.3 Å². The summed E-state index contributed by atoms with van der Waals surface area (Å²) in [5.74, 6) is 0. The van der Waals surface area contributed by atoms with Gasteiger partial charge in [-0.25, -0.2) is 0 Å². The lowest BCUT2D eigenvalue weighted by Crippen LogP contribution is -2.43. The number of thiocarbonyl (C=S) groups is 1. The van der Waals surface area contributed by atoms with Crippen LogP contribution >= 0.6 is 12.2 Å². The summed E-state index contributed by atoms with van der Waals surface area (Å²) in [7, 11) is 2.08. The van der Waals surface area contributed by atoms with Gasteiger partial charge in [0.25, 0.3) is 0 Å². The molecular formula is C11H22N2OS. The number of aliphatic hydroxyl groups is 1. The van der Waals surface area contributed by atoms with Crippen LogP contribution in [0.2, 0.25) is 0 Å². The minimum Gasteiger partial charge on any atom is -0.393 e. The van der Waals surface area contributed by atoms with Crippen molar-refractivity contribution in [1.82, 2.24) is 4.90 Å². The predicted octanol–water partition coefficient (Wildman–Crippen LogP) is 1.29. The number of nitrogens with zero attached hydrogens (tertiary/aromatic N) is 1. The quantitative estimate of drug-likeness (QED) is 0.699. The lowest BCUT2D eigenvalue weighted by atomic mass is 9.91. The Morgan fingerprint density at radius 1 is 1.47 bits per heavy atom. The van der Waals surface area contributed by atoms with Crippen LogP contribution in [0.5, 0.6) is 0 Å². The predicted molar refractivity (Wildman–Crippen MR) is 66.9 cm³/mol. The van der Waals surface area contributed by atoms with Crippen molar-refractivity contribution in [2.75, 3.05) is 13.6 Å². The lowest BCUT2D eigenvalue weighted by molar-refractivity contribution is 0.0320. The Morgan fingerprint density at radius 2 is 2.13 bits per heavy atom. The van der Waals surface area contributed by atoms with E-state index in [9.17, 15) is 5.11 Å². The topological polar surface area (TPSA) is 49.5 Å². The molecule has 0 aromatic rings. The molecule has 0 amide bonds. The summed E-state index contributed by atoms with van der Waals surface area (Å²) in [6.45, 7) is 0.971. The highest BCUT2D eigenvalue weighted by molar-refractivity contribution is 7.80. The van der Waals surface area contributed by atoms with Gasteiger partial charge < -0.3 is 15.7 Å². The van der Waals surface area contributed by atoms with Crippen molar-refractivity contribution in [3.05, 3.63) is 0 Å². The van der Waals surface area contributed by atoms with E-state index in [1.165, 1.54) is 12.8 Å². The first-order valence-electron chi connectivity index (χ1n) is 5.78. The summed E-state index contributed by atoms with van der Waals surface area (Å²) in [6, 6.07) is 0.338. The first-order chi connectivity index (χ1) is 7.11. The first-order valence-corrected chi connectivity index (χ1v) is 6.18. The molecule has 1 saturated carbocycles. The molecule has 1 aliphatic carbocycles. The standard InChI is InChI=1S/C11H22N2OS/c1-13(8-4-7-11(12)15)9-5-2-3-6-10(9)14/h9-10,14H,2-8H2,1H3,(H2,12,15). The van der Waals surface area contributed by atoms with E-state index in [1.807, 2.05) is 0 Å². The molecule has 0 spiro atoms. The summed E-state index contributed by atoms with van der Waals surface area (Å²) in [5.41, 5.74) is 5.45. The summed E-state index contributed by atoms with van der Waals surface area (Å²) < 4.78 is 0. The summed E-state index contributed by atoms with van der Waals surface area (Å²) in [6.07, 6.45) is 6.13. The third-order valence-corrected chi connectivity index (χ3v) is 3.40. The zero-order chi connectivity index (χ0) is 11.3. The molecular weight excluding hydrogens is 208 g/mol. The molecule has 4 heteroatoms. The highest BCUT2D eigenvalue weighted by Gasteiger charge is 2.25. The number of hydrogen-bond acceptors (Lipinski definition) is 3. The van der Waals surface area contributed by atoms with E-state index in [2.05, 4.69) is 11.9 Å². The average molecular weight is 230 g/mol. The highest BCUT2D eigenvalue weighted by Crippen LogP contribution is 2.22. The van der Waals surface area contributed by atoms with E-state index in [4.69, 9.17) is 18.0 Å². The van der Waals surface area contributed by atoms with Gasteiger partial charge >= 0.3 is 0 Å². The molecule has 0 saturated heterocycles.